The number of hydrogen-bond acceptors (Lipinski definition) is 3. The third-order valence-electron chi connectivity index (χ3n) is 3.28. The van der Waals surface area contributed by atoms with Crippen molar-refractivity contribution >= 4 is 33.1 Å². The molecule has 0 spiro atoms. The average molecular weight is 296 g/mol. The minimum atomic E-state index is 0.0213. The van der Waals surface area contributed by atoms with Crippen molar-refractivity contribution in [1.82, 2.24) is 4.98 Å². The van der Waals surface area contributed by atoms with Crippen LogP contribution >= 0.6 is 11.3 Å². The lowest BCUT2D eigenvalue weighted by molar-refractivity contribution is -0.116. The summed E-state index contributed by atoms with van der Waals surface area (Å²) in [7, 11) is 0. The molecule has 3 aromatic rings. The smallest absolute Gasteiger partial charge is 0.225 e. The van der Waals surface area contributed by atoms with Crippen molar-refractivity contribution in [2.75, 3.05) is 5.32 Å². The maximum absolute atomic E-state index is 12.1. The van der Waals surface area contributed by atoms with E-state index in [-0.39, 0.29) is 11.8 Å². The van der Waals surface area contributed by atoms with E-state index in [0.717, 1.165) is 16.2 Å². The Morgan fingerprint density at radius 3 is 2.62 bits per heavy atom. The predicted octanol–water partition coefficient (Wildman–Crippen LogP) is 4.43. The molecule has 1 amide bonds. The summed E-state index contributed by atoms with van der Waals surface area (Å²) < 4.78 is 1.17. The van der Waals surface area contributed by atoms with Gasteiger partial charge in [-0.25, -0.2) is 4.98 Å². The van der Waals surface area contributed by atoms with Gasteiger partial charge >= 0.3 is 0 Å². The fraction of sp³-hybridized carbons (Fsp3) is 0.176. The van der Waals surface area contributed by atoms with Crippen LogP contribution in [0.1, 0.15) is 24.3 Å². The molecule has 0 aliphatic heterocycles. The van der Waals surface area contributed by atoms with Gasteiger partial charge in [0.15, 0.2) is 0 Å². The van der Waals surface area contributed by atoms with Gasteiger partial charge in [-0.1, -0.05) is 37.3 Å². The molecule has 0 fully saturated rings. The van der Waals surface area contributed by atoms with Gasteiger partial charge in [0.2, 0.25) is 5.91 Å². The highest BCUT2D eigenvalue weighted by molar-refractivity contribution is 7.18. The number of fused-ring (bicyclic) bond motifs is 1. The Bertz CT molecular complexity index is 719. The van der Waals surface area contributed by atoms with Crippen molar-refractivity contribution in [2.45, 2.75) is 19.3 Å². The summed E-state index contributed by atoms with van der Waals surface area (Å²) in [4.78, 5) is 16.7. The number of hydrogen-bond donors (Lipinski definition) is 1. The number of carbonyl (C=O) groups excluding carboxylic acids is 1. The first-order chi connectivity index (χ1) is 10.2. The van der Waals surface area contributed by atoms with E-state index in [9.17, 15) is 4.79 Å². The fourth-order valence-corrected chi connectivity index (χ4v) is 3.22. The zero-order chi connectivity index (χ0) is 14.7. The average Bonchev–Trinajstić information content (AvgIpc) is 2.92. The number of aromatic nitrogens is 1. The lowest BCUT2D eigenvalue weighted by Crippen LogP contribution is -2.14. The summed E-state index contributed by atoms with van der Waals surface area (Å²) in [5, 5.41) is 3.93. The second-order valence-electron chi connectivity index (χ2n) is 5.04. The highest BCUT2D eigenvalue weighted by atomic mass is 32.1. The van der Waals surface area contributed by atoms with Crippen molar-refractivity contribution in [3.8, 4) is 0 Å². The van der Waals surface area contributed by atoms with Gasteiger partial charge in [-0.15, -0.1) is 11.3 Å². The summed E-state index contributed by atoms with van der Waals surface area (Å²) in [6.45, 7) is 2.04. The monoisotopic (exact) mass is 296 g/mol. The Kier molecular flexibility index (Phi) is 3.97. The summed E-state index contributed by atoms with van der Waals surface area (Å²) in [5.74, 6) is 0.138. The molecule has 0 saturated carbocycles. The number of para-hydroxylation sites is 2. The van der Waals surface area contributed by atoms with Gasteiger partial charge in [0.05, 0.1) is 15.2 Å². The molecule has 1 unspecified atom stereocenters. The molecule has 0 bridgehead atoms. The zero-order valence-corrected chi connectivity index (χ0v) is 12.6. The van der Waals surface area contributed by atoms with Gasteiger partial charge < -0.3 is 5.32 Å². The number of amides is 1. The number of anilines is 1. The lowest BCUT2D eigenvalue weighted by atomic mass is 10.1. The van der Waals surface area contributed by atoms with Gasteiger partial charge in [-0.2, -0.15) is 0 Å². The van der Waals surface area contributed by atoms with Crippen LogP contribution in [0.25, 0.3) is 10.2 Å². The maximum atomic E-state index is 12.1. The van der Waals surface area contributed by atoms with Crippen molar-refractivity contribution < 1.29 is 4.79 Å². The topological polar surface area (TPSA) is 42.0 Å². The van der Waals surface area contributed by atoms with Crippen LogP contribution in [-0.2, 0) is 4.79 Å². The number of nitrogens with one attached hydrogen (secondary N) is 1. The quantitative estimate of drug-likeness (QED) is 0.774. The minimum absolute atomic E-state index is 0.0213. The Morgan fingerprint density at radius 1 is 1.14 bits per heavy atom. The summed E-state index contributed by atoms with van der Waals surface area (Å²) in [5.41, 5.74) is 1.84. The Balaban J connectivity index is 1.68. The molecule has 1 heterocycles. The van der Waals surface area contributed by atoms with Gasteiger partial charge in [-0.05, 0) is 24.3 Å². The van der Waals surface area contributed by atoms with E-state index >= 15 is 0 Å². The molecule has 1 N–H and O–H groups in total. The van der Waals surface area contributed by atoms with Crippen LogP contribution in [0, 0.1) is 0 Å². The summed E-state index contributed by atoms with van der Waals surface area (Å²) in [6, 6.07) is 17.6. The second-order valence-corrected chi connectivity index (χ2v) is 6.10. The molecule has 1 aromatic heterocycles. The van der Waals surface area contributed by atoms with Crippen molar-refractivity contribution in [3.63, 3.8) is 0 Å². The second kappa shape index (κ2) is 6.06. The molecular formula is C17H16N2OS. The molecular weight excluding hydrogens is 280 g/mol. The molecule has 3 rings (SSSR count). The largest absolute Gasteiger partial charge is 0.326 e. The van der Waals surface area contributed by atoms with Crippen LogP contribution in [0.15, 0.2) is 54.6 Å². The van der Waals surface area contributed by atoms with Gasteiger partial charge in [-0.3, -0.25) is 4.79 Å². The molecule has 0 radical (unpaired) electrons. The van der Waals surface area contributed by atoms with Crippen molar-refractivity contribution in [1.29, 1.82) is 0 Å². The number of rotatable bonds is 4. The van der Waals surface area contributed by atoms with Crippen LogP contribution in [0.3, 0.4) is 0 Å². The molecule has 21 heavy (non-hydrogen) atoms. The number of carbonyl (C=O) groups is 1. The zero-order valence-electron chi connectivity index (χ0n) is 11.7. The number of thiazole rings is 1. The van der Waals surface area contributed by atoms with E-state index in [1.807, 2.05) is 55.5 Å². The van der Waals surface area contributed by atoms with Crippen molar-refractivity contribution in [2.24, 2.45) is 0 Å². The SMILES string of the molecule is CC(CC(=O)Nc1ccccc1)c1nc2ccccc2s1. The molecule has 0 saturated heterocycles. The summed E-state index contributed by atoms with van der Waals surface area (Å²) >= 11 is 1.66. The molecule has 1 atom stereocenters. The first-order valence-electron chi connectivity index (χ1n) is 6.93. The lowest BCUT2D eigenvalue weighted by Gasteiger charge is -2.09. The Hall–Kier alpha value is -2.20. The third kappa shape index (κ3) is 3.28. The normalized spacial score (nSPS) is 12.2. The molecule has 106 valence electrons. The van der Waals surface area contributed by atoms with E-state index in [1.165, 1.54) is 4.70 Å². The fourth-order valence-electron chi connectivity index (χ4n) is 2.20. The minimum Gasteiger partial charge on any atom is -0.326 e. The molecule has 0 aliphatic rings. The first-order valence-corrected chi connectivity index (χ1v) is 7.74. The van der Waals surface area contributed by atoms with Crippen LogP contribution in [0.2, 0.25) is 0 Å². The Labute approximate surface area is 127 Å². The van der Waals surface area contributed by atoms with Crippen LogP contribution in [-0.4, -0.2) is 10.9 Å². The number of nitrogens with zero attached hydrogens (tertiary/aromatic N) is 1. The van der Waals surface area contributed by atoms with Crippen LogP contribution < -0.4 is 5.32 Å². The highest BCUT2D eigenvalue weighted by Gasteiger charge is 2.15. The predicted molar refractivity (Wildman–Crippen MR) is 87.7 cm³/mol. The van der Waals surface area contributed by atoms with Gasteiger partial charge in [0, 0.05) is 18.0 Å². The standard InChI is InChI=1S/C17H16N2OS/c1-12(11-16(20)18-13-7-3-2-4-8-13)17-19-14-9-5-6-10-15(14)21-17/h2-10,12H,11H2,1H3,(H,18,20). The third-order valence-corrected chi connectivity index (χ3v) is 4.55. The van der Waals surface area contributed by atoms with Gasteiger partial charge in [0.1, 0.15) is 0 Å². The molecule has 3 nitrogen and oxygen atoms in total. The van der Waals surface area contributed by atoms with Crippen LogP contribution in [0.5, 0.6) is 0 Å². The van der Waals surface area contributed by atoms with Crippen LogP contribution in [0.4, 0.5) is 5.69 Å². The van der Waals surface area contributed by atoms with E-state index in [1.54, 1.807) is 11.3 Å². The maximum Gasteiger partial charge on any atom is 0.225 e. The molecule has 2 aromatic carbocycles. The van der Waals surface area contributed by atoms with E-state index < -0.39 is 0 Å². The Morgan fingerprint density at radius 2 is 1.86 bits per heavy atom. The van der Waals surface area contributed by atoms with E-state index in [2.05, 4.69) is 16.4 Å². The van der Waals surface area contributed by atoms with Crippen molar-refractivity contribution in [3.05, 3.63) is 59.6 Å². The summed E-state index contributed by atoms with van der Waals surface area (Å²) in [6.07, 6.45) is 0.439. The van der Waals surface area contributed by atoms with E-state index in [0.29, 0.717) is 6.42 Å². The molecule has 0 aliphatic carbocycles. The van der Waals surface area contributed by atoms with Gasteiger partial charge in [0.25, 0.3) is 0 Å². The highest BCUT2D eigenvalue weighted by Crippen LogP contribution is 2.29. The molecule has 4 heteroatoms. The number of benzene rings is 2. The first kappa shape index (κ1) is 13.8. The van der Waals surface area contributed by atoms with E-state index in [4.69, 9.17) is 0 Å².